The van der Waals surface area contributed by atoms with Gasteiger partial charge in [-0.25, -0.2) is 0 Å². The third kappa shape index (κ3) is 2.83. The third-order valence-corrected chi connectivity index (χ3v) is 4.60. The number of fused-ring (bicyclic) bond motifs is 1. The van der Waals surface area contributed by atoms with Crippen molar-refractivity contribution in [1.82, 2.24) is 14.8 Å². The number of nitrogens with zero attached hydrogens (tertiary/aromatic N) is 4. The topological polar surface area (TPSA) is 71.6 Å². The number of aromatic nitrogens is 3. The Kier molecular flexibility index (Phi) is 4.02. The van der Waals surface area contributed by atoms with Gasteiger partial charge in [0.05, 0.1) is 5.56 Å². The van der Waals surface area contributed by atoms with Crippen LogP contribution in [0.3, 0.4) is 0 Å². The Labute approximate surface area is 127 Å². The number of hydrogen-bond donors (Lipinski definition) is 0. The smallest absolute Gasteiger partial charge is 0.196 e. The molecule has 2 heterocycles. The molecule has 0 radical (unpaired) electrons. The van der Waals surface area contributed by atoms with Crippen molar-refractivity contribution in [2.24, 2.45) is 0 Å². The van der Waals surface area contributed by atoms with Crippen molar-refractivity contribution in [2.75, 3.05) is 0 Å². The van der Waals surface area contributed by atoms with Crippen molar-refractivity contribution in [3.05, 3.63) is 35.2 Å². The van der Waals surface area contributed by atoms with E-state index in [0.29, 0.717) is 11.1 Å². The highest BCUT2D eigenvalue weighted by atomic mass is 32.2. The number of hydrogen-bond acceptors (Lipinski definition) is 5. The second-order valence-electron chi connectivity index (χ2n) is 4.95. The summed E-state index contributed by atoms with van der Waals surface area (Å²) in [6.45, 7) is 0.930. The van der Waals surface area contributed by atoms with E-state index in [0.717, 1.165) is 48.0 Å². The molecule has 0 aliphatic carbocycles. The lowest BCUT2D eigenvalue weighted by molar-refractivity contribution is 0.112. The van der Waals surface area contributed by atoms with E-state index in [4.69, 9.17) is 0 Å². The molecule has 6 heteroatoms. The minimum Gasteiger partial charge on any atom is -0.306 e. The van der Waals surface area contributed by atoms with E-state index in [1.807, 2.05) is 0 Å². The standard InChI is InChI=1S/C15H14N4OS/c16-9-12-8-11(10-20)5-6-13(12)21-15-18-17-14-4-2-1-3-7-19(14)15/h5-6,8,10H,1-4,7H2. The molecule has 1 aromatic heterocycles. The molecule has 0 unspecified atom stereocenters. The molecule has 3 rings (SSSR count). The van der Waals surface area contributed by atoms with Crippen molar-refractivity contribution >= 4 is 18.0 Å². The van der Waals surface area contributed by atoms with Crippen LogP contribution in [0.25, 0.3) is 0 Å². The van der Waals surface area contributed by atoms with Gasteiger partial charge in [-0.1, -0.05) is 12.5 Å². The van der Waals surface area contributed by atoms with Crippen molar-refractivity contribution < 1.29 is 4.79 Å². The van der Waals surface area contributed by atoms with Gasteiger partial charge in [-0.2, -0.15) is 5.26 Å². The fraction of sp³-hybridized carbons (Fsp3) is 0.333. The zero-order chi connectivity index (χ0) is 14.7. The predicted molar refractivity (Wildman–Crippen MR) is 78.2 cm³/mol. The van der Waals surface area contributed by atoms with Crippen LogP contribution in [0.1, 0.15) is 41.0 Å². The van der Waals surface area contributed by atoms with Crippen molar-refractivity contribution in [2.45, 2.75) is 42.3 Å². The fourth-order valence-electron chi connectivity index (χ4n) is 2.43. The second-order valence-corrected chi connectivity index (χ2v) is 5.96. The van der Waals surface area contributed by atoms with Gasteiger partial charge in [0, 0.05) is 23.4 Å². The number of benzene rings is 1. The average Bonchev–Trinajstić information content (AvgIpc) is 2.74. The van der Waals surface area contributed by atoms with Crippen LogP contribution in [0.5, 0.6) is 0 Å². The maximum absolute atomic E-state index is 10.8. The first kappa shape index (κ1) is 13.8. The molecule has 5 nitrogen and oxygen atoms in total. The summed E-state index contributed by atoms with van der Waals surface area (Å²) < 4.78 is 2.15. The van der Waals surface area contributed by atoms with Crippen LogP contribution in [0, 0.1) is 11.3 Å². The monoisotopic (exact) mass is 298 g/mol. The highest BCUT2D eigenvalue weighted by molar-refractivity contribution is 7.99. The Morgan fingerprint density at radius 2 is 2.19 bits per heavy atom. The SMILES string of the molecule is N#Cc1cc(C=O)ccc1Sc1nnc2n1CCCCC2. The van der Waals surface area contributed by atoms with E-state index in [1.165, 1.54) is 18.2 Å². The predicted octanol–water partition coefficient (Wildman–Crippen LogP) is 2.84. The second kappa shape index (κ2) is 6.10. The number of nitriles is 1. The highest BCUT2D eigenvalue weighted by Crippen LogP contribution is 2.31. The Balaban J connectivity index is 1.92. The van der Waals surface area contributed by atoms with Crippen LogP contribution in [0.15, 0.2) is 28.3 Å². The summed E-state index contributed by atoms with van der Waals surface area (Å²) in [7, 11) is 0. The molecule has 0 fully saturated rings. The Morgan fingerprint density at radius 3 is 3.00 bits per heavy atom. The zero-order valence-electron chi connectivity index (χ0n) is 11.5. The first-order valence-electron chi connectivity index (χ1n) is 6.91. The van der Waals surface area contributed by atoms with Crippen molar-refractivity contribution in [3.63, 3.8) is 0 Å². The van der Waals surface area contributed by atoms with Crippen LogP contribution < -0.4 is 0 Å². The summed E-state index contributed by atoms with van der Waals surface area (Å²) in [5, 5.41) is 18.6. The van der Waals surface area contributed by atoms with Crippen molar-refractivity contribution in [3.8, 4) is 6.07 Å². The number of carbonyl (C=O) groups excluding carboxylic acids is 1. The van der Waals surface area contributed by atoms with Gasteiger partial charge in [-0.3, -0.25) is 4.79 Å². The van der Waals surface area contributed by atoms with E-state index in [9.17, 15) is 10.1 Å². The molecule has 1 aliphatic rings. The molecule has 1 aromatic carbocycles. The highest BCUT2D eigenvalue weighted by Gasteiger charge is 2.16. The molecule has 0 spiro atoms. The number of aryl methyl sites for hydroxylation is 1. The maximum Gasteiger partial charge on any atom is 0.196 e. The largest absolute Gasteiger partial charge is 0.306 e. The van der Waals surface area contributed by atoms with Crippen molar-refractivity contribution in [1.29, 1.82) is 5.26 Å². The van der Waals surface area contributed by atoms with E-state index >= 15 is 0 Å². The molecule has 0 amide bonds. The number of aldehydes is 1. The number of rotatable bonds is 3. The van der Waals surface area contributed by atoms with E-state index in [1.54, 1.807) is 18.2 Å². The minimum absolute atomic E-state index is 0.496. The summed E-state index contributed by atoms with van der Waals surface area (Å²) in [4.78, 5) is 11.6. The van der Waals surface area contributed by atoms with Crippen LogP contribution in [0.2, 0.25) is 0 Å². The van der Waals surface area contributed by atoms with Crippen LogP contribution in [-0.2, 0) is 13.0 Å². The summed E-state index contributed by atoms with van der Waals surface area (Å²) in [5.41, 5.74) is 1.01. The van der Waals surface area contributed by atoms with Crippen LogP contribution >= 0.6 is 11.8 Å². The lowest BCUT2D eigenvalue weighted by atomic mass is 10.1. The Bertz CT molecular complexity index is 717. The van der Waals surface area contributed by atoms with E-state index in [-0.39, 0.29) is 0 Å². The first-order chi connectivity index (χ1) is 10.3. The van der Waals surface area contributed by atoms with Crippen LogP contribution in [0.4, 0.5) is 0 Å². The van der Waals surface area contributed by atoms with E-state index < -0.39 is 0 Å². The molecule has 106 valence electrons. The molecule has 0 bridgehead atoms. The quantitative estimate of drug-likeness (QED) is 0.815. The summed E-state index contributed by atoms with van der Waals surface area (Å²) in [6.07, 6.45) is 5.21. The molecule has 0 saturated heterocycles. The third-order valence-electron chi connectivity index (χ3n) is 3.54. The average molecular weight is 298 g/mol. The molecule has 0 saturated carbocycles. The molecular formula is C15H14N4OS. The Morgan fingerprint density at radius 1 is 1.29 bits per heavy atom. The maximum atomic E-state index is 10.8. The number of carbonyl (C=O) groups is 1. The van der Waals surface area contributed by atoms with E-state index in [2.05, 4.69) is 20.8 Å². The fourth-order valence-corrected chi connectivity index (χ4v) is 3.37. The normalized spacial score (nSPS) is 14.0. The van der Waals surface area contributed by atoms with Gasteiger partial charge in [0.25, 0.3) is 0 Å². The first-order valence-corrected chi connectivity index (χ1v) is 7.72. The molecule has 21 heavy (non-hydrogen) atoms. The summed E-state index contributed by atoms with van der Waals surface area (Å²) in [5.74, 6) is 1.03. The van der Waals surface area contributed by atoms with Gasteiger partial charge < -0.3 is 4.57 Å². The molecule has 1 aliphatic heterocycles. The molecule has 0 N–H and O–H groups in total. The minimum atomic E-state index is 0.496. The van der Waals surface area contributed by atoms with Gasteiger partial charge in [-0.05, 0) is 36.7 Å². The summed E-state index contributed by atoms with van der Waals surface area (Å²) >= 11 is 1.44. The van der Waals surface area contributed by atoms with Gasteiger partial charge in [0.2, 0.25) is 0 Å². The lowest BCUT2D eigenvalue weighted by Crippen LogP contribution is -2.02. The zero-order valence-corrected chi connectivity index (χ0v) is 12.3. The van der Waals surface area contributed by atoms with Crippen LogP contribution in [-0.4, -0.2) is 21.1 Å². The van der Waals surface area contributed by atoms with Gasteiger partial charge in [0.1, 0.15) is 18.2 Å². The molecular weight excluding hydrogens is 284 g/mol. The molecule has 2 aromatic rings. The Hall–Kier alpha value is -2.13. The molecule has 0 atom stereocenters. The van der Waals surface area contributed by atoms with Gasteiger partial charge in [0.15, 0.2) is 5.16 Å². The van der Waals surface area contributed by atoms with Gasteiger partial charge >= 0.3 is 0 Å². The van der Waals surface area contributed by atoms with Gasteiger partial charge in [-0.15, -0.1) is 10.2 Å². The lowest BCUT2D eigenvalue weighted by Gasteiger charge is -2.07. The summed E-state index contributed by atoms with van der Waals surface area (Å²) in [6, 6.07) is 7.26.